The van der Waals surface area contributed by atoms with Gasteiger partial charge in [-0.3, -0.25) is 0 Å². The van der Waals surface area contributed by atoms with E-state index >= 15 is 0 Å². The molecule has 1 fully saturated rings. The zero-order valence-corrected chi connectivity index (χ0v) is 16.3. The van der Waals surface area contributed by atoms with Crippen molar-refractivity contribution in [1.82, 2.24) is 9.21 Å². The Morgan fingerprint density at radius 2 is 1.70 bits per heavy atom. The lowest BCUT2D eigenvalue weighted by Crippen LogP contribution is -2.44. The molecule has 1 aliphatic rings. The minimum atomic E-state index is -3.61. The van der Waals surface area contributed by atoms with Gasteiger partial charge in [-0.05, 0) is 55.0 Å². The quantitative estimate of drug-likeness (QED) is 0.749. The molecular weight excluding hydrogens is 384 g/mol. The van der Waals surface area contributed by atoms with Crippen molar-refractivity contribution in [1.29, 1.82) is 0 Å². The van der Waals surface area contributed by atoms with E-state index in [-0.39, 0.29) is 10.9 Å². The molecule has 0 unspecified atom stereocenters. The molecule has 0 spiro atoms. The normalized spacial score (nSPS) is 17.5. The van der Waals surface area contributed by atoms with Crippen LogP contribution in [0.3, 0.4) is 0 Å². The van der Waals surface area contributed by atoms with Crippen LogP contribution in [0.1, 0.15) is 12.8 Å². The van der Waals surface area contributed by atoms with E-state index in [0.717, 1.165) is 25.9 Å². The number of benzene rings is 1. The van der Waals surface area contributed by atoms with E-state index in [0.29, 0.717) is 16.0 Å². The fourth-order valence-electron chi connectivity index (χ4n) is 2.74. The van der Waals surface area contributed by atoms with Crippen LogP contribution in [0.25, 0.3) is 0 Å². The molecule has 1 aromatic rings. The van der Waals surface area contributed by atoms with E-state index in [9.17, 15) is 8.42 Å². The van der Waals surface area contributed by atoms with Crippen LogP contribution in [0.5, 0.6) is 11.5 Å². The summed E-state index contributed by atoms with van der Waals surface area (Å²) < 4.78 is 38.4. The molecule has 0 atom stereocenters. The Bertz CT molecular complexity index is 658. The molecular formula is C15H23BrN2O4S. The Labute approximate surface area is 146 Å². The average molecular weight is 407 g/mol. The fraction of sp³-hybridized carbons (Fsp3) is 0.600. The summed E-state index contributed by atoms with van der Waals surface area (Å²) in [6.45, 7) is 1.80. The third-order valence-corrected chi connectivity index (χ3v) is 7.17. The van der Waals surface area contributed by atoms with Crippen LogP contribution in [0.4, 0.5) is 0 Å². The lowest BCUT2D eigenvalue weighted by atomic mass is 10.1. The van der Waals surface area contributed by atoms with Gasteiger partial charge in [-0.25, -0.2) is 8.42 Å². The van der Waals surface area contributed by atoms with Crippen LogP contribution in [0.15, 0.2) is 21.5 Å². The second-order valence-electron chi connectivity index (χ2n) is 5.69. The minimum absolute atomic E-state index is 0.0104. The summed E-state index contributed by atoms with van der Waals surface area (Å²) in [4.78, 5) is 2.40. The van der Waals surface area contributed by atoms with Crippen LogP contribution in [0.2, 0.25) is 0 Å². The van der Waals surface area contributed by atoms with Crippen molar-refractivity contribution in [2.75, 3.05) is 41.4 Å². The monoisotopic (exact) mass is 406 g/mol. The standard InChI is InChI=1S/C15H23BrN2O4S/c1-17-7-5-11(6-8-17)18(2)23(19,20)15-10-14(22-4)13(21-3)9-12(15)16/h9-11H,5-8H2,1-4H3. The number of methoxy groups -OCH3 is 2. The molecule has 0 amide bonds. The Balaban J connectivity index is 2.35. The molecule has 1 heterocycles. The summed E-state index contributed by atoms with van der Waals surface area (Å²) >= 11 is 3.34. The highest BCUT2D eigenvalue weighted by atomic mass is 79.9. The Morgan fingerprint density at radius 3 is 2.22 bits per heavy atom. The lowest BCUT2D eigenvalue weighted by molar-refractivity contribution is 0.197. The van der Waals surface area contributed by atoms with Gasteiger partial charge in [0.25, 0.3) is 0 Å². The number of hydrogen-bond donors (Lipinski definition) is 0. The molecule has 0 saturated carbocycles. The summed E-state index contributed by atoms with van der Waals surface area (Å²) in [7, 11) is 3.09. The van der Waals surface area contributed by atoms with E-state index in [2.05, 4.69) is 27.9 Å². The molecule has 0 radical (unpaired) electrons. The van der Waals surface area contributed by atoms with Gasteiger partial charge < -0.3 is 14.4 Å². The first kappa shape index (κ1) is 18.5. The minimum Gasteiger partial charge on any atom is -0.493 e. The molecule has 8 heteroatoms. The molecule has 0 N–H and O–H groups in total. The fourth-order valence-corrected chi connectivity index (χ4v) is 5.15. The topological polar surface area (TPSA) is 59.1 Å². The summed E-state index contributed by atoms with van der Waals surface area (Å²) in [5, 5.41) is 0. The second kappa shape index (κ2) is 7.38. The van der Waals surface area contributed by atoms with Crippen molar-refractivity contribution in [2.45, 2.75) is 23.8 Å². The molecule has 0 aromatic heterocycles. The van der Waals surface area contributed by atoms with Crippen LogP contribution in [-0.4, -0.2) is 65.1 Å². The van der Waals surface area contributed by atoms with E-state index in [4.69, 9.17) is 9.47 Å². The maximum absolute atomic E-state index is 13.0. The highest BCUT2D eigenvalue weighted by Gasteiger charge is 2.32. The number of sulfonamides is 1. The molecule has 6 nitrogen and oxygen atoms in total. The van der Waals surface area contributed by atoms with Gasteiger partial charge in [0.05, 0.1) is 14.2 Å². The Kier molecular flexibility index (Phi) is 5.94. The van der Waals surface area contributed by atoms with Crippen LogP contribution < -0.4 is 9.47 Å². The van der Waals surface area contributed by atoms with Crippen LogP contribution in [-0.2, 0) is 10.0 Å². The summed E-state index contributed by atoms with van der Waals surface area (Å²) in [6, 6.07) is 3.13. The van der Waals surface area contributed by atoms with E-state index < -0.39 is 10.0 Å². The van der Waals surface area contributed by atoms with Crippen LogP contribution >= 0.6 is 15.9 Å². The van der Waals surface area contributed by atoms with E-state index in [1.54, 1.807) is 13.1 Å². The van der Waals surface area contributed by atoms with Crippen molar-refractivity contribution < 1.29 is 17.9 Å². The second-order valence-corrected chi connectivity index (χ2v) is 8.51. The van der Waals surface area contributed by atoms with Crippen molar-refractivity contribution in [3.05, 3.63) is 16.6 Å². The van der Waals surface area contributed by atoms with Gasteiger partial charge in [-0.15, -0.1) is 0 Å². The Morgan fingerprint density at radius 1 is 1.17 bits per heavy atom. The SMILES string of the molecule is COc1cc(Br)c(S(=O)(=O)N(C)C2CCN(C)CC2)cc1OC. The van der Waals surface area contributed by atoms with Crippen molar-refractivity contribution in [2.24, 2.45) is 0 Å². The molecule has 1 saturated heterocycles. The third kappa shape index (κ3) is 3.81. The van der Waals surface area contributed by atoms with Gasteiger partial charge in [0.1, 0.15) is 4.90 Å². The first-order chi connectivity index (χ1) is 10.8. The summed E-state index contributed by atoms with van der Waals surface area (Å²) in [5.41, 5.74) is 0. The number of rotatable bonds is 5. The average Bonchev–Trinajstić information content (AvgIpc) is 2.54. The van der Waals surface area contributed by atoms with Gasteiger partial charge in [-0.1, -0.05) is 0 Å². The number of piperidine rings is 1. The summed E-state index contributed by atoms with van der Waals surface area (Å²) in [6.07, 6.45) is 1.66. The molecule has 23 heavy (non-hydrogen) atoms. The largest absolute Gasteiger partial charge is 0.493 e. The van der Waals surface area contributed by atoms with Crippen LogP contribution in [0, 0.1) is 0 Å². The van der Waals surface area contributed by atoms with Crippen molar-refractivity contribution >= 4 is 26.0 Å². The van der Waals surface area contributed by atoms with E-state index in [1.807, 2.05) is 0 Å². The first-order valence-electron chi connectivity index (χ1n) is 7.39. The predicted octanol–water partition coefficient (Wildman–Crippen LogP) is 2.18. The van der Waals surface area contributed by atoms with Gasteiger partial charge in [0, 0.05) is 23.6 Å². The molecule has 1 aromatic carbocycles. The zero-order chi connectivity index (χ0) is 17.2. The Hall–Kier alpha value is -0.830. The van der Waals surface area contributed by atoms with Gasteiger partial charge in [0.2, 0.25) is 10.0 Å². The van der Waals surface area contributed by atoms with Crippen molar-refractivity contribution in [3.63, 3.8) is 0 Å². The first-order valence-corrected chi connectivity index (χ1v) is 9.62. The molecule has 0 bridgehead atoms. The highest BCUT2D eigenvalue weighted by Crippen LogP contribution is 2.37. The molecule has 130 valence electrons. The number of ether oxygens (including phenoxy) is 2. The van der Waals surface area contributed by atoms with Gasteiger partial charge in [-0.2, -0.15) is 4.31 Å². The predicted molar refractivity (Wildman–Crippen MR) is 92.7 cm³/mol. The van der Waals surface area contributed by atoms with Gasteiger partial charge >= 0.3 is 0 Å². The maximum atomic E-state index is 13.0. The van der Waals surface area contributed by atoms with Crippen molar-refractivity contribution in [3.8, 4) is 11.5 Å². The molecule has 2 rings (SSSR count). The number of hydrogen-bond acceptors (Lipinski definition) is 5. The lowest BCUT2D eigenvalue weighted by Gasteiger charge is -2.34. The van der Waals surface area contributed by atoms with Gasteiger partial charge in [0.15, 0.2) is 11.5 Å². The highest BCUT2D eigenvalue weighted by molar-refractivity contribution is 9.10. The maximum Gasteiger partial charge on any atom is 0.244 e. The molecule has 0 aliphatic carbocycles. The summed E-state index contributed by atoms with van der Waals surface area (Å²) in [5.74, 6) is 0.881. The number of nitrogens with zero attached hydrogens (tertiary/aromatic N) is 2. The smallest absolute Gasteiger partial charge is 0.244 e. The number of likely N-dealkylation sites (tertiary alicyclic amines) is 1. The van der Waals surface area contributed by atoms with E-state index in [1.165, 1.54) is 24.6 Å². The molecule has 1 aliphatic heterocycles. The zero-order valence-electron chi connectivity index (χ0n) is 13.9. The third-order valence-electron chi connectivity index (χ3n) is 4.30. The number of halogens is 1.